The Morgan fingerprint density at radius 2 is 1.71 bits per heavy atom. The number of rotatable bonds is 2. The Balaban J connectivity index is 1.95. The average Bonchev–Trinajstić information content (AvgIpc) is 2.82. The zero-order chi connectivity index (χ0) is 14.8. The van der Waals surface area contributed by atoms with E-state index < -0.39 is 11.7 Å². The predicted octanol–water partition coefficient (Wildman–Crippen LogP) is 3.81. The molecule has 3 N–H and O–H groups in total. The number of aromatic amines is 1. The van der Waals surface area contributed by atoms with E-state index in [4.69, 9.17) is 5.73 Å². The number of hydrogen-bond acceptors (Lipinski definition) is 3. The number of carbonyl (C=O) groups is 1. The van der Waals surface area contributed by atoms with Crippen molar-refractivity contribution in [3.05, 3.63) is 59.9 Å². The number of nitrogen functional groups attached to an aromatic ring is 1. The summed E-state index contributed by atoms with van der Waals surface area (Å²) in [5.74, 6) is -0.562. The van der Waals surface area contributed by atoms with Crippen molar-refractivity contribution in [2.45, 2.75) is 0 Å². The number of fused-ring (bicyclic) bond motifs is 1. The SMILES string of the molecule is Nc1[nH]c(N=NC(=O)c2ccccc2F)c2ccccc12. The second-order valence-electron chi connectivity index (χ2n) is 4.42. The van der Waals surface area contributed by atoms with Gasteiger partial charge in [0.05, 0.1) is 5.56 Å². The van der Waals surface area contributed by atoms with E-state index >= 15 is 0 Å². The molecule has 104 valence electrons. The van der Waals surface area contributed by atoms with Crippen molar-refractivity contribution >= 4 is 28.3 Å². The van der Waals surface area contributed by atoms with Crippen LogP contribution in [0.15, 0.2) is 58.8 Å². The molecule has 0 radical (unpaired) electrons. The summed E-state index contributed by atoms with van der Waals surface area (Å²) < 4.78 is 13.5. The van der Waals surface area contributed by atoms with Gasteiger partial charge in [-0.05, 0) is 12.1 Å². The number of nitrogens with two attached hydrogens (primary N) is 1. The van der Waals surface area contributed by atoms with Crippen molar-refractivity contribution in [3.8, 4) is 0 Å². The molecule has 0 fully saturated rings. The van der Waals surface area contributed by atoms with Crippen LogP contribution >= 0.6 is 0 Å². The zero-order valence-corrected chi connectivity index (χ0v) is 10.9. The normalized spacial score (nSPS) is 11.3. The lowest BCUT2D eigenvalue weighted by atomic mass is 10.2. The van der Waals surface area contributed by atoms with Crippen LogP contribution in [0.2, 0.25) is 0 Å². The van der Waals surface area contributed by atoms with Gasteiger partial charge in [-0.15, -0.1) is 10.2 Å². The minimum atomic E-state index is -0.745. The standard InChI is InChI=1S/C15H11FN4O/c16-12-8-4-3-7-11(12)15(21)20-19-14-10-6-2-1-5-9(10)13(17)18-14/h1-8,18H,17H2. The third kappa shape index (κ3) is 2.38. The Kier molecular flexibility index (Phi) is 3.19. The summed E-state index contributed by atoms with van der Waals surface area (Å²) in [6, 6.07) is 12.9. The molecule has 3 rings (SSSR count). The minimum Gasteiger partial charge on any atom is -0.385 e. The molecule has 2 aromatic carbocycles. The molecule has 1 aromatic heterocycles. The van der Waals surface area contributed by atoms with Gasteiger partial charge in [0, 0.05) is 10.8 Å². The fourth-order valence-corrected chi connectivity index (χ4v) is 2.05. The Bertz CT molecular complexity index is 854. The second kappa shape index (κ2) is 5.16. The van der Waals surface area contributed by atoms with Crippen molar-refractivity contribution in [3.63, 3.8) is 0 Å². The molecule has 0 aliphatic carbocycles. The van der Waals surface area contributed by atoms with Crippen molar-refractivity contribution in [2.75, 3.05) is 5.73 Å². The van der Waals surface area contributed by atoms with Crippen LogP contribution in [-0.4, -0.2) is 10.9 Å². The van der Waals surface area contributed by atoms with Crippen molar-refractivity contribution in [2.24, 2.45) is 10.2 Å². The highest BCUT2D eigenvalue weighted by Gasteiger charge is 2.11. The van der Waals surface area contributed by atoms with E-state index in [2.05, 4.69) is 15.2 Å². The lowest BCUT2D eigenvalue weighted by Gasteiger charge is -1.95. The van der Waals surface area contributed by atoms with Gasteiger partial charge in [-0.3, -0.25) is 4.79 Å². The zero-order valence-electron chi connectivity index (χ0n) is 10.9. The molecule has 0 unspecified atom stereocenters. The van der Waals surface area contributed by atoms with Crippen molar-refractivity contribution < 1.29 is 9.18 Å². The maximum absolute atomic E-state index is 13.5. The summed E-state index contributed by atoms with van der Waals surface area (Å²) in [6.07, 6.45) is 0. The van der Waals surface area contributed by atoms with Gasteiger partial charge in [0.1, 0.15) is 11.6 Å². The fourth-order valence-electron chi connectivity index (χ4n) is 2.05. The lowest BCUT2D eigenvalue weighted by Crippen LogP contribution is -1.97. The first-order valence-electron chi connectivity index (χ1n) is 6.23. The number of nitrogens with one attached hydrogen (secondary N) is 1. The van der Waals surface area contributed by atoms with Crippen LogP contribution in [0, 0.1) is 5.82 Å². The van der Waals surface area contributed by atoms with E-state index in [1.165, 1.54) is 18.2 Å². The van der Waals surface area contributed by atoms with Crippen LogP contribution in [0.3, 0.4) is 0 Å². The number of halogens is 1. The first-order chi connectivity index (χ1) is 10.2. The van der Waals surface area contributed by atoms with Gasteiger partial charge < -0.3 is 10.7 Å². The molecular formula is C15H11FN4O. The Morgan fingerprint density at radius 3 is 2.48 bits per heavy atom. The third-order valence-electron chi connectivity index (χ3n) is 3.07. The highest BCUT2D eigenvalue weighted by molar-refractivity contribution is 6.00. The van der Waals surface area contributed by atoms with Crippen molar-refractivity contribution in [1.82, 2.24) is 4.98 Å². The van der Waals surface area contributed by atoms with E-state index in [1.807, 2.05) is 24.3 Å². The molecular weight excluding hydrogens is 271 g/mol. The van der Waals surface area contributed by atoms with Crippen LogP contribution in [-0.2, 0) is 0 Å². The Labute approximate surface area is 119 Å². The maximum atomic E-state index is 13.5. The molecule has 1 heterocycles. The number of hydrogen-bond donors (Lipinski definition) is 2. The predicted molar refractivity (Wildman–Crippen MR) is 78.0 cm³/mol. The molecule has 6 heteroatoms. The number of benzene rings is 2. The summed E-state index contributed by atoms with van der Waals surface area (Å²) in [6.45, 7) is 0. The van der Waals surface area contributed by atoms with E-state index in [0.29, 0.717) is 11.6 Å². The van der Waals surface area contributed by atoms with E-state index in [1.54, 1.807) is 6.07 Å². The first kappa shape index (κ1) is 13.0. The molecule has 5 nitrogen and oxygen atoms in total. The fraction of sp³-hybridized carbons (Fsp3) is 0. The van der Waals surface area contributed by atoms with Gasteiger partial charge >= 0.3 is 0 Å². The summed E-state index contributed by atoms with van der Waals surface area (Å²) in [4.78, 5) is 14.7. The largest absolute Gasteiger partial charge is 0.385 e. The number of amides is 1. The van der Waals surface area contributed by atoms with Gasteiger partial charge in [-0.2, -0.15) is 0 Å². The molecule has 3 aromatic rings. The molecule has 0 atom stereocenters. The first-order valence-corrected chi connectivity index (χ1v) is 6.23. The van der Waals surface area contributed by atoms with Crippen LogP contribution < -0.4 is 5.73 Å². The molecule has 0 aliphatic rings. The molecule has 0 saturated heterocycles. The summed E-state index contributed by atoms with van der Waals surface area (Å²) in [5.41, 5.74) is 5.70. The van der Waals surface area contributed by atoms with E-state index in [0.717, 1.165) is 10.8 Å². The number of azo groups is 1. The van der Waals surface area contributed by atoms with Crippen LogP contribution in [0.25, 0.3) is 10.8 Å². The number of H-pyrrole nitrogens is 1. The molecule has 21 heavy (non-hydrogen) atoms. The van der Waals surface area contributed by atoms with Gasteiger partial charge in [0.25, 0.3) is 5.91 Å². The summed E-state index contributed by atoms with van der Waals surface area (Å²) >= 11 is 0. The maximum Gasteiger partial charge on any atom is 0.298 e. The number of carbonyl (C=O) groups excluding carboxylic acids is 1. The molecule has 1 amide bonds. The molecule has 0 saturated carbocycles. The topological polar surface area (TPSA) is 83.6 Å². The van der Waals surface area contributed by atoms with Crippen LogP contribution in [0.5, 0.6) is 0 Å². The Morgan fingerprint density at radius 1 is 1.05 bits per heavy atom. The highest BCUT2D eigenvalue weighted by Crippen LogP contribution is 2.30. The summed E-state index contributed by atoms with van der Waals surface area (Å²) in [7, 11) is 0. The monoisotopic (exact) mass is 282 g/mol. The Hall–Kier alpha value is -3.02. The van der Waals surface area contributed by atoms with Crippen LogP contribution in [0.4, 0.5) is 16.0 Å². The number of aromatic nitrogens is 1. The quantitative estimate of drug-likeness (QED) is 0.700. The van der Waals surface area contributed by atoms with E-state index in [9.17, 15) is 9.18 Å². The highest BCUT2D eigenvalue weighted by atomic mass is 19.1. The molecule has 0 aliphatic heterocycles. The third-order valence-corrected chi connectivity index (χ3v) is 3.07. The number of nitrogens with zero attached hydrogens (tertiary/aromatic N) is 2. The van der Waals surface area contributed by atoms with Gasteiger partial charge in [-0.1, -0.05) is 36.4 Å². The average molecular weight is 282 g/mol. The minimum absolute atomic E-state index is 0.120. The van der Waals surface area contributed by atoms with Crippen molar-refractivity contribution in [1.29, 1.82) is 0 Å². The van der Waals surface area contributed by atoms with Gasteiger partial charge in [-0.25, -0.2) is 4.39 Å². The number of anilines is 1. The second-order valence-corrected chi connectivity index (χ2v) is 4.42. The van der Waals surface area contributed by atoms with Crippen LogP contribution in [0.1, 0.15) is 10.4 Å². The smallest absolute Gasteiger partial charge is 0.298 e. The molecule has 0 bridgehead atoms. The lowest BCUT2D eigenvalue weighted by molar-refractivity contribution is 0.0991. The van der Waals surface area contributed by atoms with Gasteiger partial charge in [0.2, 0.25) is 0 Å². The van der Waals surface area contributed by atoms with Gasteiger partial charge in [0.15, 0.2) is 5.82 Å². The summed E-state index contributed by atoms with van der Waals surface area (Å²) in [5, 5.41) is 8.94. The molecule has 0 spiro atoms. The van der Waals surface area contributed by atoms with E-state index in [-0.39, 0.29) is 5.56 Å².